The number of nitriles is 1. The fraction of sp³-hybridized carbons (Fsp3) is 0.289. The second-order valence-corrected chi connectivity index (χ2v) is 17.6. The number of carbonyl (C=O) groups excluding carboxylic acids is 3. The van der Waals surface area contributed by atoms with Crippen LogP contribution < -0.4 is 31.6 Å². The zero-order valence-electron chi connectivity index (χ0n) is 34.7. The van der Waals surface area contributed by atoms with E-state index >= 15 is 0 Å². The monoisotopic (exact) mass is 1020 g/mol. The number of carbonyl (C=O) groups is 3. The molecule has 5 aromatic rings. The number of ether oxygens (including phenoxy) is 2. The molecule has 0 bridgehead atoms. The number of aromatic nitrogens is 7. The second-order valence-electron chi connectivity index (χ2n) is 12.0. The normalized spacial score (nSPS) is 10.2. The van der Waals surface area contributed by atoms with E-state index in [4.69, 9.17) is 39.9 Å². The van der Waals surface area contributed by atoms with Crippen LogP contribution in [-0.2, 0) is 63.9 Å². The van der Waals surface area contributed by atoms with Crippen molar-refractivity contribution >= 4 is 54.7 Å². The maximum atomic E-state index is 14.1. The first-order valence-electron chi connectivity index (χ1n) is 18.3. The summed E-state index contributed by atoms with van der Waals surface area (Å²) in [5.74, 6) is -8.34. The van der Waals surface area contributed by atoms with E-state index in [1.807, 2.05) is 12.1 Å². The van der Waals surface area contributed by atoms with Gasteiger partial charge in [0.25, 0.3) is 22.5 Å². The Labute approximate surface area is 388 Å². The van der Waals surface area contributed by atoms with Crippen molar-refractivity contribution in [3.63, 3.8) is 0 Å². The molecule has 0 spiro atoms. The van der Waals surface area contributed by atoms with Crippen LogP contribution in [0.1, 0.15) is 32.2 Å². The number of nitrogens with two attached hydrogens (primary N) is 1. The molecule has 5 heterocycles. The number of nitrogens with zero attached hydrogens (tertiary/aromatic N) is 8. The van der Waals surface area contributed by atoms with Gasteiger partial charge in [-0.15, -0.1) is 0 Å². The second kappa shape index (κ2) is 30.1. The maximum absolute atomic E-state index is 14.1. The van der Waals surface area contributed by atoms with Crippen molar-refractivity contribution in [1.82, 2.24) is 24.1 Å². The van der Waals surface area contributed by atoms with Crippen LogP contribution in [0.15, 0.2) is 118 Å². The summed E-state index contributed by atoms with van der Waals surface area (Å²) in [6.07, 6.45) is 9.34. The summed E-state index contributed by atoms with van der Waals surface area (Å²) in [5, 5.41) is 33.1. The van der Waals surface area contributed by atoms with Gasteiger partial charge in [-0.1, -0.05) is 6.07 Å². The number of hydrogen-bond donors (Lipinski definition) is 2. The number of esters is 2. The van der Waals surface area contributed by atoms with E-state index in [-0.39, 0.29) is 46.6 Å². The van der Waals surface area contributed by atoms with Crippen molar-refractivity contribution < 1.29 is 66.0 Å². The predicted octanol–water partition coefficient (Wildman–Crippen LogP) is 3.84. The Kier molecular flexibility index (Phi) is 26.4. The molecule has 5 aromatic heterocycles. The molecule has 65 heavy (non-hydrogen) atoms. The average molecular weight is 1030 g/mol. The molecule has 0 atom stereocenters. The molecule has 0 unspecified atom stereocenters. The van der Waals surface area contributed by atoms with Crippen molar-refractivity contribution in [2.75, 3.05) is 31.6 Å². The Morgan fingerprint density at radius 3 is 1.74 bits per heavy atom. The van der Waals surface area contributed by atoms with Gasteiger partial charge in [0.15, 0.2) is 23.2 Å². The van der Waals surface area contributed by atoms with Crippen molar-refractivity contribution in [1.29, 1.82) is 5.26 Å². The van der Waals surface area contributed by atoms with Crippen molar-refractivity contribution in [3.8, 4) is 6.07 Å². The van der Waals surface area contributed by atoms with E-state index < -0.39 is 68.8 Å². The third-order valence-corrected chi connectivity index (χ3v) is 8.12. The van der Waals surface area contributed by atoms with Crippen LogP contribution >= 0.6 is 31.1 Å². The number of alkyl halides is 4. The zero-order valence-corrected chi connectivity index (χ0v) is 40.0. The van der Waals surface area contributed by atoms with Crippen LogP contribution in [-0.4, -0.2) is 68.1 Å². The van der Waals surface area contributed by atoms with Gasteiger partial charge in [-0.3, -0.25) is 24.0 Å². The van der Waals surface area contributed by atoms with E-state index in [2.05, 4.69) is 20.3 Å². The first-order chi connectivity index (χ1) is 30.7. The van der Waals surface area contributed by atoms with E-state index in [1.165, 1.54) is 84.4 Å². The summed E-state index contributed by atoms with van der Waals surface area (Å²) in [4.78, 5) is 67.1. The van der Waals surface area contributed by atoms with Crippen molar-refractivity contribution in [3.05, 3.63) is 140 Å². The van der Waals surface area contributed by atoms with Crippen LogP contribution in [0.4, 0.5) is 23.4 Å². The minimum atomic E-state index is -3.50. The molecule has 5 rings (SSSR count). The molecule has 0 saturated heterocycles. The molecule has 346 valence electrons. The molecular formula is C38H40Cl2F4N10O9SZn. The van der Waals surface area contributed by atoms with Crippen LogP contribution in [0, 0.1) is 21.7 Å². The topological polar surface area (TPSA) is 268 Å². The number of halogens is 6. The van der Waals surface area contributed by atoms with Gasteiger partial charge in [0, 0.05) is 76.0 Å². The third-order valence-electron chi connectivity index (χ3n) is 7.20. The summed E-state index contributed by atoms with van der Waals surface area (Å²) in [6.45, 7) is 2.44. The molecule has 0 radical (unpaired) electrons. The Balaban J connectivity index is 0.000000469. The van der Waals surface area contributed by atoms with Gasteiger partial charge in [-0.2, -0.15) is 32.3 Å². The van der Waals surface area contributed by atoms with Gasteiger partial charge in [0.1, 0.15) is 24.3 Å². The van der Waals surface area contributed by atoms with Crippen LogP contribution in [0.2, 0.25) is 0 Å². The van der Waals surface area contributed by atoms with E-state index in [9.17, 15) is 51.9 Å². The van der Waals surface area contributed by atoms with Crippen LogP contribution in [0.5, 0.6) is 0 Å². The summed E-state index contributed by atoms with van der Waals surface area (Å²) in [5.41, 5.74) is 2.57. The Hall–Kier alpha value is -6.06. The SMILES string of the molecule is CC(=O)C#N.CC(=O)OCCn1ccnc(NCC(F)(F)c2cccc[n+]2[O-])c1=O.CC(=O)OCCn1ccnc(Sc2ccccn2)c1=O.NCC(F)(F)c1cccc[n+]1[O-].[Cl][Zn][Cl]. The number of anilines is 1. The first-order valence-corrected chi connectivity index (χ1v) is 26.9. The Bertz CT molecular complexity index is 2440. The van der Waals surface area contributed by atoms with Crippen LogP contribution in [0.25, 0.3) is 0 Å². The number of pyridine rings is 3. The molecule has 0 amide bonds. The average Bonchev–Trinajstić information content (AvgIpc) is 3.26. The Morgan fingerprint density at radius 2 is 1.29 bits per heavy atom. The zero-order chi connectivity index (χ0) is 49.0. The summed E-state index contributed by atoms with van der Waals surface area (Å²) < 4.78 is 66.3. The van der Waals surface area contributed by atoms with E-state index in [0.29, 0.717) is 16.6 Å². The van der Waals surface area contributed by atoms with Crippen LogP contribution in [0.3, 0.4) is 0 Å². The number of rotatable bonds is 14. The number of nitrogens with one attached hydrogen (secondary N) is 1. The molecule has 0 aliphatic heterocycles. The van der Waals surface area contributed by atoms with E-state index in [1.54, 1.807) is 24.7 Å². The number of hydrogen-bond acceptors (Lipinski definition) is 16. The molecule has 3 N–H and O–H groups in total. The van der Waals surface area contributed by atoms with Crippen molar-refractivity contribution in [2.24, 2.45) is 5.73 Å². The molecule has 0 aromatic carbocycles. The first kappa shape index (κ1) is 57.0. The summed E-state index contributed by atoms with van der Waals surface area (Å²) in [6, 6.07) is 14.3. The summed E-state index contributed by atoms with van der Waals surface area (Å²) >= 11 is 0.274. The molecule has 19 nitrogen and oxygen atoms in total. The van der Waals surface area contributed by atoms with Gasteiger partial charge in [0.2, 0.25) is 5.78 Å². The standard InChI is InChI=1S/C15H16F2N4O4.C13H13N3O3S.C7H8F2N2O.C3H3NO.2ClH.Zn/c1-11(22)25-9-8-20-7-5-18-13(14(20)23)19-10-15(16,17)12-4-2-3-6-21(12)24;1-10(17)19-9-8-16-7-6-15-12(13(16)18)20-11-4-2-3-5-14-11;8-7(9,5-10)6-3-1-2-4-11(6)12;1-3(5)2-4;;;/h2-7H,8-10H2,1H3,(H,18,19);2-7H,8-9H2,1H3;1-4H,5,10H2;1H3;2*1H;/q;;;;;;+2/p-2. The Morgan fingerprint density at radius 1 is 0.815 bits per heavy atom. The van der Waals surface area contributed by atoms with Gasteiger partial charge in [-0.25, -0.2) is 15.0 Å². The van der Waals surface area contributed by atoms with Gasteiger partial charge in [-0.05, 0) is 36.0 Å². The van der Waals surface area contributed by atoms with Gasteiger partial charge < -0.3 is 40.1 Å². The number of Topliss-reactive ketones (excluding diaryl/α,β-unsaturated/α-hetero) is 1. The molecule has 0 aliphatic rings. The van der Waals surface area contributed by atoms with Gasteiger partial charge in [0.05, 0.1) is 26.2 Å². The van der Waals surface area contributed by atoms with E-state index in [0.717, 1.165) is 24.5 Å². The molecule has 0 fully saturated rings. The molecule has 0 aliphatic carbocycles. The van der Waals surface area contributed by atoms with Gasteiger partial charge >= 0.3 is 58.3 Å². The third kappa shape index (κ3) is 21.9. The molecule has 0 saturated carbocycles. The molecular weight excluding hydrogens is 985 g/mol. The minimum absolute atomic E-state index is 0.0327. The van der Waals surface area contributed by atoms with Crippen molar-refractivity contribution in [2.45, 2.75) is 55.8 Å². The predicted molar refractivity (Wildman–Crippen MR) is 223 cm³/mol. The summed E-state index contributed by atoms with van der Waals surface area (Å²) in [7, 11) is 9.90. The number of ketones is 1. The quantitative estimate of drug-likeness (QED) is 0.0400. The fourth-order valence-electron chi connectivity index (χ4n) is 4.31. The fourth-order valence-corrected chi connectivity index (χ4v) is 5.09. The molecule has 27 heteroatoms.